The summed E-state index contributed by atoms with van der Waals surface area (Å²) < 4.78 is 22.2. The Bertz CT molecular complexity index is 1200. The third-order valence-electron chi connectivity index (χ3n) is 7.52. The molecule has 0 saturated heterocycles. The van der Waals surface area contributed by atoms with Gasteiger partial charge in [0.15, 0.2) is 11.9 Å². The Balaban J connectivity index is 2.66. The van der Waals surface area contributed by atoms with Gasteiger partial charge >= 0.3 is 6.09 Å². The third-order valence-corrected chi connectivity index (χ3v) is 7.52. The first kappa shape index (κ1) is 34.7. The van der Waals surface area contributed by atoms with Crippen LogP contribution >= 0.6 is 0 Å². The first-order chi connectivity index (χ1) is 19.8. The molecule has 0 aromatic heterocycles. The minimum atomic E-state index is -0.948. The van der Waals surface area contributed by atoms with Crippen molar-refractivity contribution in [3.05, 3.63) is 58.6 Å². The van der Waals surface area contributed by atoms with E-state index in [1.165, 1.54) is 35.4 Å². The number of ketones is 2. The van der Waals surface area contributed by atoms with Gasteiger partial charge in [0.05, 0.1) is 25.0 Å². The number of nitrogens with one attached hydrogen (secondary N) is 1. The predicted molar refractivity (Wildman–Crippen MR) is 156 cm³/mol. The Morgan fingerprint density at radius 1 is 1.10 bits per heavy atom. The van der Waals surface area contributed by atoms with Gasteiger partial charge in [0.2, 0.25) is 11.6 Å². The number of Topliss-reactive ketones (excluding diaryl/α,β-unsaturated/α-hetero) is 1. The van der Waals surface area contributed by atoms with E-state index in [0.717, 1.165) is 11.0 Å². The summed E-state index contributed by atoms with van der Waals surface area (Å²) in [4.78, 5) is 53.1. The molecule has 11 heteroatoms. The van der Waals surface area contributed by atoms with E-state index in [0.29, 0.717) is 12.0 Å². The van der Waals surface area contributed by atoms with Crippen LogP contribution in [-0.4, -0.2) is 93.4 Å². The summed E-state index contributed by atoms with van der Waals surface area (Å²) in [6, 6.07) is 0. The second-order valence-corrected chi connectivity index (χ2v) is 10.7. The second-order valence-electron chi connectivity index (χ2n) is 10.7. The van der Waals surface area contributed by atoms with Crippen molar-refractivity contribution in [1.29, 1.82) is 0 Å². The number of hydrogen-bond donors (Lipinski definition) is 2. The quantitative estimate of drug-likeness (QED) is 0.375. The Labute approximate surface area is 247 Å². The van der Waals surface area contributed by atoms with Crippen LogP contribution in [0.2, 0.25) is 0 Å². The minimum Gasteiger partial charge on any atom is -0.492 e. The van der Waals surface area contributed by atoms with E-state index in [4.69, 9.17) is 18.9 Å². The molecule has 1 aliphatic heterocycles. The molecular weight excluding hydrogens is 544 g/mol. The van der Waals surface area contributed by atoms with Crippen molar-refractivity contribution in [3.63, 3.8) is 0 Å². The van der Waals surface area contributed by atoms with Crippen LogP contribution in [0.15, 0.2) is 58.6 Å². The third kappa shape index (κ3) is 8.27. The molecule has 1 heterocycles. The van der Waals surface area contributed by atoms with Crippen molar-refractivity contribution in [2.45, 2.75) is 65.0 Å². The number of likely N-dealkylation sites (N-methyl/N-ethyl adjacent to an activating group) is 1. The van der Waals surface area contributed by atoms with Crippen LogP contribution in [0.5, 0.6) is 0 Å². The monoisotopic (exact) mass is 588 g/mol. The van der Waals surface area contributed by atoms with E-state index in [1.54, 1.807) is 38.2 Å². The Hall–Kier alpha value is -3.54. The van der Waals surface area contributed by atoms with E-state index in [9.17, 15) is 24.3 Å². The molecule has 232 valence electrons. The fourth-order valence-corrected chi connectivity index (χ4v) is 5.12. The average Bonchev–Trinajstić information content (AvgIpc) is 2.96. The molecule has 0 spiro atoms. The lowest BCUT2D eigenvalue weighted by Crippen LogP contribution is -2.37. The molecule has 42 heavy (non-hydrogen) atoms. The lowest BCUT2D eigenvalue weighted by Gasteiger charge is -2.30. The summed E-state index contributed by atoms with van der Waals surface area (Å²) in [6.07, 6.45) is 4.39. The average molecular weight is 589 g/mol. The van der Waals surface area contributed by atoms with Gasteiger partial charge in [0, 0.05) is 51.5 Å². The topological polar surface area (TPSA) is 141 Å². The van der Waals surface area contributed by atoms with E-state index in [-0.39, 0.29) is 34.9 Å². The maximum Gasteiger partial charge on any atom is 0.407 e. The molecule has 2 aliphatic rings. The first-order valence-corrected chi connectivity index (χ1v) is 13.8. The number of nitrogens with zero attached hydrogens (tertiary/aromatic N) is 1. The number of carbonyl (C=O) groups is 4. The standard InChI is InChI=1S/C31H44N2O9/c1-17-13-21-27(36)22(16-23(34)29(21)41-9)33(6)30(37)18(2)11-10-12-24(39-7)28(42-31(38)32-5)20(4)15-19(3)26(35)25(14-17)40-8/h10-12,15-17,19,24-26,28,35H,13-14H2,1-9H3,(H,32,38)/b12-10-,18-11-,20-15-. The molecule has 6 atom stereocenters. The molecule has 0 aromatic rings. The molecule has 2 amide bonds. The van der Waals surface area contributed by atoms with Gasteiger partial charge in [-0.3, -0.25) is 14.4 Å². The Kier molecular flexibility index (Phi) is 12.9. The highest BCUT2D eigenvalue weighted by molar-refractivity contribution is 6.23. The zero-order chi connectivity index (χ0) is 31.7. The molecule has 2 rings (SSSR count). The summed E-state index contributed by atoms with van der Waals surface area (Å²) in [5, 5.41) is 13.7. The highest BCUT2D eigenvalue weighted by atomic mass is 16.6. The number of methoxy groups -OCH3 is 3. The van der Waals surface area contributed by atoms with Crippen molar-refractivity contribution in [2.24, 2.45) is 11.8 Å². The number of amides is 2. The lowest BCUT2D eigenvalue weighted by molar-refractivity contribution is -0.127. The molecule has 2 bridgehead atoms. The van der Waals surface area contributed by atoms with Crippen molar-refractivity contribution in [2.75, 3.05) is 35.4 Å². The molecule has 0 saturated carbocycles. The zero-order valence-corrected chi connectivity index (χ0v) is 25.9. The Morgan fingerprint density at radius 2 is 1.76 bits per heavy atom. The molecule has 0 aromatic carbocycles. The van der Waals surface area contributed by atoms with Crippen LogP contribution in [0.25, 0.3) is 0 Å². The van der Waals surface area contributed by atoms with Crippen LogP contribution in [0.4, 0.5) is 4.79 Å². The van der Waals surface area contributed by atoms with Gasteiger partial charge in [-0.2, -0.15) is 0 Å². The smallest absolute Gasteiger partial charge is 0.407 e. The van der Waals surface area contributed by atoms with Gasteiger partial charge in [-0.25, -0.2) is 4.79 Å². The van der Waals surface area contributed by atoms with Crippen molar-refractivity contribution in [3.8, 4) is 0 Å². The maximum atomic E-state index is 13.6. The van der Waals surface area contributed by atoms with Crippen molar-refractivity contribution < 1.29 is 43.2 Å². The molecule has 1 aliphatic carbocycles. The van der Waals surface area contributed by atoms with Crippen LogP contribution in [-0.2, 0) is 33.3 Å². The summed E-state index contributed by atoms with van der Waals surface area (Å²) in [5.74, 6) is -2.18. The zero-order valence-electron chi connectivity index (χ0n) is 25.9. The number of aliphatic hydroxyl groups excluding tert-OH is 1. The number of fused-ring (bicyclic) bond motifs is 2. The van der Waals surface area contributed by atoms with Gasteiger partial charge in [-0.05, 0) is 38.2 Å². The fraction of sp³-hybridized carbons (Fsp3) is 0.548. The summed E-state index contributed by atoms with van der Waals surface area (Å²) in [7, 11) is 7.16. The van der Waals surface area contributed by atoms with Gasteiger partial charge in [0.25, 0.3) is 5.91 Å². The SMILES string of the molecule is CNC(=O)OC1/C(C)=C\C(C)C(O)C(OC)CC(C)CC2=C(OC)C(=O)C=C(C2=O)N(C)C(=O)/C(C)=C\C=C/C1OC. The van der Waals surface area contributed by atoms with Gasteiger partial charge in [-0.1, -0.05) is 38.2 Å². The van der Waals surface area contributed by atoms with E-state index >= 15 is 0 Å². The van der Waals surface area contributed by atoms with Crippen LogP contribution in [0, 0.1) is 11.8 Å². The van der Waals surface area contributed by atoms with Gasteiger partial charge in [-0.15, -0.1) is 0 Å². The second kappa shape index (κ2) is 15.6. The molecule has 11 nitrogen and oxygen atoms in total. The number of rotatable bonds is 4. The van der Waals surface area contributed by atoms with E-state index in [2.05, 4.69) is 5.32 Å². The van der Waals surface area contributed by atoms with Crippen molar-refractivity contribution >= 4 is 23.6 Å². The van der Waals surface area contributed by atoms with Crippen LogP contribution < -0.4 is 5.32 Å². The predicted octanol–water partition coefficient (Wildman–Crippen LogP) is 3.01. The lowest BCUT2D eigenvalue weighted by atomic mass is 9.85. The fourth-order valence-electron chi connectivity index (χ4n) is 5.12. The van der Waals surface area contributed by atoms with Crippen LogP contribution in [0.1, 0.15) is 40.5 Å². The molecule has 0 fully saturated rings. The molecular formula is C31H44N2O9. The minimum absolute atomic E-state index is 0.0618. The number of ether oxygens (including phenoxy) is 4. The van der Waals surface area contributed by atoms with Crippen molar-refractivity contribution in [1.82, 2.24) is 10.2 Å². The Morgan fingerprint density at radius 3 is 2.33 bits per heavy atom. The van der Waals surface area contributed by atoms with Gasteiger partial charge in [0.1, 0.15) is 6.10 Å². The summed E-state index contributed by atoms with van der Waals surface area (Å²) in [5.41, 5.74) is 1.03. The summed E-state index contributed by atoms with van der Waals surface area (Å²) in [6.45, 7) is 7.06. The number of carbonyl (C=O) groups excluding carboxylic acids is 4. The molecule has 6 unspecified atom stereocenters. The molecule has 0 radical (unpaired) electrons. The number of aliphatic hydroxyl groups is 1. The van der Waals surface area contributed by atoms with Gasteiger partial charge < -0.3 is 34.3 Å². The largest absolute Gasteiger partial charge is 0.492 e. The summed E-state index contributed by atoms with van der Waals surface area (Å²) >= 11 is 0. The number of allylic oxidation sites excluding steroid dienone is 4. The number of alkyl carbamates (subject to hydrolysis) is 1. The maximum absolute atomic E-state index is 13.6. The molecule has 2 N–H and O–H groups in total. The first-order valence-electron chi connectivity index (χ1n) is 13.8. The van der Waals surface area contributed by atoms with Crippen LogP contribution in [0.3, 0.4) is 0 Å². The van der Waals surface area contributed by atoms with E-state index < -0.39 is 53.9 Å². The number of hydrogen-bond acceptors (Lipinski definition) is 9. The normalized spacial score (nSPS) is 31.9. The van der Waals surface area contributed by atoms with E-state index in [1.807, 2.05) is 13.8 Å². The highest BCUT2D eigenvalue weighted by Crippen LogP contribution is 2.31. The highest BCUT2D eigenvalue weighted by Gasteiger charge is 2.35.